The normalized spacial score (nSPS) is 9.71. The van der Waals surface area contributed by atoms with E-state index in [-0.39, 0.29) is 11.3 Å². The van der Waals surface area contributed by atoms with Crippen LogP contribution in [0.5, 0.6) is 0 Å². The molecule has 1 rings (SSSR count). The molecule has 0 saturated carbocycles. The van der Waals surface area contributed by atoms with Crippen molar-refractivity contribution in [1.82, 2.24) is 0 Å². The van der Waals surface area contributed by atoms with Gasteiger partial charge in [-0.3, -0.25) is 14.9 Å². The second-order valence-corrected chi connectivity index (χ2v) is 3.30. The molecule has 1 amide bonds. The molecule has 7 heteroatoms. The molecule has 0 aromatic heterocycles. The summed E-state index contributed by atoms with van der Waals surface area (Å²) in [6, 6.07) is 3.91. The summed E-state index contributed by atoms with van der Waals surface area (Å²) < 4.78 is 4.53. The Kier molecular flexibility index (Phi) is 3.76. The Morgan fingerprint density at radius 2 is 2.12 bits per heavy atom. The molecule has 0 bridgehead atoms. The Morgan fingerprint density at radius 3 is 2.65 bits per heavy atom. The number of benzene rings is 1. The van der Waals surface area contributed by atoms with Crippen molar-refractivity contribution in [3.8, 4) is 0 Å². The summed E-state index contributed by atoms with van der Waals surface area (Å²) in [6.45, 7) is 0.997. The van der Waals surface area contributed by atoms with Gasteiger partial charge < -0.3 is 10.5 Å². The predicted molar refractivity (Wildman–Crippen MR) is 57.3 cm³/mol. The summed E-state index contributed by atoms with van der Waals surface area (Å²) in [4.78, 5) is 31.8. The van der Waals surface area contributed by atoms with Crippen LogP contribution in [0.3, 0.4) is 0 Å². The van der Waals surface area contributed by atoms with Gasteiger partial charge in [0.15, 0.2) is 6.61 Å². The Hall–Kier alpha value is -2.44. The van der Waals surface area contributed by atoms with Gasteiger partial charge in [0.05, 0.1) is 10.5 Å². The van der Waals surface area contributed by atoms with Crippen molar-refractivity contribution in [2.24, 2.45) is 5.73 Å². The lowest BCUT2D eigenvalue weighted by molar-refractivity contribution is -0.385. The van der Waals surface area contributed by atoms with Crippen molar-refractivity contribution in [3.05, 3.63) is 39.4 Å². The van der Waals surface area contributed by atoms with Gasteiger partial charge in [0.1, 0.15) is 0 Å². The Labute approximate surface area is 96.3 Å². The van der Waals surface area contributed by atoms with Crippen molar-refractivity contribution < 1.29 is 19.2 Å². The van der Waals surface area contributed by atoms with Gasteiger partial charge in [0, 0.05) is 11.6 Å². The van der Waals surface area contributed by atoms with Crippen molar-refractivity contribution in [2.75, 3.05) is 6.61 Å². The minimum atomic E-state index is -0.827. The molecular weight excluding hydrogens is 228 g/mol. The number of carbonyl (C=O) groups is 2. The first-order valence-electron chi connectivity index (χ1n) is 4.62. The van der Waals surface area contributed by atoms with E-state index < -0.39 is 23.4 Å². The molecular formula is C10H10N2O5. The van der Waals surface area contributed by atoms with Crippen LogP contribution in [-0.4, -0.2) is 23.4 Å². The first-order valence-corrected chi connectivity index (χ1v) is 4.62. The van der Waals surface area contributed by atoms with E-state index in [1.807, 2.05) is 0 Å². The summed E-state index contributed by atoms with van der Waals surface area (Å²) in [5.41, 5.74) is 5.05. The van der Waals surface area contributed by atoms with Crippen LogP contribution >= 0.6 is 0 Å². The topological polar surface area (TPSA) is 113 Å². The van der Waals surface area contributed by atoms with Crippen LogP contribution in [0.4, 0.5) is 5.69 Å². The number of rotatable bonds is 4. The maximum atomic E-state index is 11.4. The zero-order valence-electron chi connectivity index (χ0n) is 9.00. The van der Waals surface area contributed by atoms with Gasteiger partial charge in [-0.15, -0.1) is 0 Å². The zero-order valence-corrected chi connectivity index (χ0v) is 9.00. The van der Waals surface area contributed by atoms with Crippen molar-refractivity contribution in [1.29, 1.82) is 0 Å². The molecule has 0 saturated heterocycles. The Bertz CT molecular complexity index is 484. The van der Waals surface area contributed by atoms with Crippen molar-refractivity contribution in [2.45, 2.75) is 6.92 Å². The summed E-state index contributed by atoms with van der Waals surface area (Å²) in [7, 11) is 0. The van der Waals surface area contributed by atoms with Crippen LogP contribution in [-0.2, 0) is 9.53 Å². The second-order valence-electron chi connectivity index (χ2n) is 3.30. The molecule has 0 aliphatic carbocycles. The summed E-state index contributed by atoms with van der Waals surface area (Å²) in [5, 5.41) is 10.6. The monoisotopic (exact) mass is 238 g/mol. The number of hydrogen-bond acceptors (Lipinski definition) is 5. The Balaban J connectivity index is 2.92. The van der Waals surface area contributed by atoms with Gasteiger partial charge in [-0.2, -0.15) is 0 Å². The number of nitrogens with two attached hydrogens (primary N) is 1. The number of esters is 1. The van der Waals surface area contributed by atoms with Gasteiger partial charge in [-0.1, -0.05) is 6.07 Å². The maximum absolute atomic E-state index is 11.4. The van der Waals surface area contributed by atoms with Gasteiger partial charge >= 0.3 is 5.97 Å². The average molecular weight is 238 g/mol. The quantitative estimate of drug-likeness (QED) is 0.467. The molecule has 0 aliphatic heterocycles. The van der Waals surface area contributed by atoms with Gasteiger partial charge in [-0.05, 0) is 13.0 Å². The number of nitrogens with zero attached hydrogens (tertiary/aromatic N) is 1. The summed E-state index contributed by atoms with van der Waals surface area (Å²) in [6.07, 6.45) is 0. The van der Waals surface area contributed by atoms with Crippen LogP contribution in [0.1, 0.15) is 15.9 Å². The fraction of sp³-hybridized carbons (Fsp3) is 0.200. The summed E-state index contributed by atoms with van der Waals surface area (Å²) >= 11 is 0. The van der Waals surface area contributed by atoms with E-state index in [1.54, 1.807) is 6.92 Å². The fourth-order valence-electron chi connectivity index (χ4n) is 1.15. The molecule has 1 aromatic carbocycles. The smallest absolute Gasteiger partial charge is 0.338 e. The van der Waals surface area contributed by atoms with E-state index >= 15 is 0 Å². The number of primary amides is 1. The lowest BCUT2D eigenvalue weighted by Gasteiger charge is -2.03. The molecule has 0 heterocycles. The van der Waals surface area contributed by atoms with Crippen LogP contribution in [0, 0.1) is 17.0 Å². The number of carbonyl (C=O) groups excluding carboxylic acids is 2. The van der Waals surface area contributed by atoms with E-state index in [0.29, 0.717) is 5.56 Å². The van der Waals surface area contributed by atoms with Crippen molar-refractivity contribution >= 4 is 17.6 Å². The molecule has 2 N–H and O–H groups in total. The number of amides is 1. The van der Waals surface area contributed by atoms with E-state index in [2.05, 4.69) is 4.74 Å². The minimum absolute atomic E-state index is 0.00329. The number of aryl methyl sites for hydroxylation is 1. The first-order chi connectivity index (χ1) is 7.91. The van der Waals surface area contributed by atoms with E-state index in [1.165, 1.54) is 12.1 Å². The molecule has 17 heavy (non-hydrogen) atoms. The van der Waals surface area contributed by atoms with Crippen molar-refractivity contribution in [3.63, 3.8) is 0 Å². The van der Waals surface area contributed by atoms with Crippen LogP contribution in [0.25, 0.3) is 0 Å². The zero-order chi connectivity index (χ0) is 13.0. The van der Waals surface area contributed by atoms with Gasteiger partial charge in [-0.25, -0.2) is 4.79 Å². The largest absolute Gasteiger partial charge is 0.452 e. The molecule has 0 aliphatic rings. The third-order valence-electron chi connectivity index (χ3n) is 1.99. The molecule has 0 atom stereocenters. The molecule has 90 valence electrons. The van der Waals surface area contributed by atoms with E-state index in [0.717, 1.165) is 6.07 Å². The highest BCUT2D eigenvalue weighted by atomic mass is 16.6. The molecule has 0 fully saturated rings. The third-order valence-corrected chi connectivity index (χ3v) is 1.99. The molecule has 7 nitrogen and oxygen atoms in total. The van der Waals surface area contributed by atoms with Crippen LogP contribution in [0.15, 0.2) is 18.2 Å². The number of nitro groups is 1. The maximum Gasteiger partial charge on any atom is 0.338 e. The molecule has 1 aromatic rings. The Morgan fingerprint density at radius 1 is 1.47 bits per heavy atom. The average Bonchev–Trinajstić information content (AvgIpc) is 2.26. The molecule has 0 unspecified atom stereocenters. The predicted octanol–water partition coefficient (Wildman–Crippen LogP) is 0.545. The number of nitro benzene ring substituents is 1. The van der Waals surface area contributed by atoms with E-state index in [9.17, 15) is 19.7 Å². The highest BCUT2D eigenvalue weighted by Crippen LogP contribution is 2.19. The molecule has 0 radical (unpaired) electrons. The highest BCUT2D eigenvalue weighted by molar-refractivity contribution is 5.91. The second kappa shape index (κ2) is 5.06. The van der Waals surface area contributed by atoms with E-state index in [4.69, 9.17) is 5.73 Å². The van der Waals surface area contributed by atoms with Gasteiger partial charge in [0.25, 0.3) is 11.6 Å². The SMILES string of the molecule is Cc1ccc(C(=O)OCC(N)=O)cc1[N+](=O)[O-]. The van der Waals surface area contributed by atoms with Gasteiger partial charge in [0.2, 0.25) is 0 Å². The third kappa shape index (κ3) is 3.26. The minimum Gasteiger partial charge on any atom is -0.452 e. The lowest BCUT2D eigenvalue weighted by atomic mass is 10.1. The highest BCUT2D eigenvalue weighted by Gasteiger charge is 2.16. The number of hydrogen-bond donors (Lipinski definition) is 1. The standard InChI is InChI=1S/C10H10N2O5/c1-6-2-3-7(4-8(6)12(15)16)10(14)17-5-9(11)13/h2-4H,5H2,1H3,(H2,11,13). The first kappa shape index (κ1) is 12.6. The molecule has 0 spiro atoms. The lowest BCUT2D eigenvalue weighted by Crippen LogP contribution is -2.20. The number of ether oxygens (including phenoxy) is 1. The van der Waals surface area contributed by atoms with Crippen LogP contribution < -0.4 is 5.73 Å². The fourth-order valence-corrected chi connectivity index (χ4v) is 1.15. The van der Waals surface area contributed by atoms with Crippen LogP contribution in [0.2, 0.25) is 0 Å². The summed E-state index contributed by atoms with van der Waals surface area (Å²) in [5.74, 6) is -1.62.